The van der Waals surface area contributed by atoms with Crippen LogP contribution in [-0.4, -0.2) is 10.8 Å². The third-order valence-electron chi connectivity index (χ3n) is 3.48. The van der Waals surface area contributed by atoms with Crippen molar-refractivity contribution in [2.24, 2.45) is 11.3 Å². The average molecular weight is 269 g/mol. The molecular formula is C18H23NO. The van der Waals surface area contributed by atoms with Crippen molar-refractivity contribution in [3.8, 4) is 0 Å². The molecule has 2 heteroatoms. The van der Waals surface area contributed by atoms with Crippen LogP contribution in [0.3, 0.4) is 0 Å². The molecule has 0 bridgehead atoms. The number of hydrogen-bond acceptors (Lipinski definition) is 2. The SMILES string of the molecule is CC(CC(=O)c1cccc2cnccc12)CC(C)(C)C. The van der Waals surface area contributed by atoms with Crippen LogP contribution < -0.4 is 0 Å². The Bertz CT molecular complexity index is 605. The lowest BCUT2D eigenvalue weighted by atomic mass is 9.82. The van der Waals surface area contributed by atoms with E-state index < -0.39 is 0 Å². The third kappa shape index (κ3) is 3.66. The molecule has 20 heavy (non-hydrogen) atoms. The number of nitrogens with zero attached hydrogens (tertiary/aromatic N) is 1. The molecule has 0 amide bonds. The average Bonchev–Trinajstić information content (AvgIpc) is 2.35. The van der Waals surface area contributed by atoms with Gasteiger partial charge in [-0.15, -0.1) is 0 Å². The Morgan fingerprint density at radius 2 is 2.00 bits per heavy atom. The molecule has 0 N–H and O–H groups in total. The highest BCUT2D eigenvalue weighted by Crippen LogP contribution is 2.28. The van der Waals surface area contributed by atoms with Crippen LogP contribution in [-0.2, 0) is 0 Å². The molecule has 0 spiro atoms. The van der Waals surface area contributed by atoms with Crippen molar-refractivity contribution in [3.05, 3.63) is 42.2 Å². The summed E-state index contributed by atoms with van der Waals surface area (Å²) in [4.78, 5) is 16.6. The zero-order valence-corrected chi connectivity index (χ0v) is 12.8. The van der Waals surface area contributed by atoms with Gasteiger partial charge >= 0.3 is 0 Å². The molecule has 0 saturated carbocycles. The quantitative estimate of drug-likeness (QED) is 0.740. The second-order valence-corrected chi connectivity index (χ2v) is 6.90. The van der Waals surface area contributed by atoms with E-state index in [9.17, 15) is 4.79 Å². The first kappa shape index (κ1) is 14.7. The molecule has 1 aromatic carbocycles. The van der Waals surface area contributed by atoms with Gasteiger partial charge in [0, 0.05) is 29.8 Å². The summed E-state index contributed by atoms with van der Waals surface area (Å²) in [6.45, 7) is 8.82. The number of pyridine rings is 1. The molecule has 2 nitrogen and oxygen atoms in total. The van der Waals surface area contributed by atoms with Gasteiger partial charge in [0.05, 0.1) is 0 Å². The van der Waals surface area contributed by atoms with Crippen LogP contribution in [0.2, 0.25) is 0 Å². The first-order valence-corrected chi connectivity index (χ1v) is 7.23. The number of benzene rings is 1. The van der Waals surface area contributed by atoms with Gasteiger partial charge in [-0.1, -0.05) is 45.9 Å². The van der Waals surface area contributed by atoms with Crippen molar-refractivity contribution in [2.45, 2.75) is 40.5 Å². The number of Topliss-reactive ketones (excluding diaryl/α,β-unsaturated/α-hetero) is 1. The zero-order valence-electron chi connectivity index (χ0n) is 12.8. The summed E-state index contributed by atoms with van der Waals surface area (Å²) in [5.41, 5.74) is 1.09. The lowest BCUT2D eigenvalue weighted by Crippen LogP contribution is -2.14. The number of aromatic nitrogens is 1. The Hall–Kier alpha value is -1.70. The summed E-state index contributed by atoms with van der Waals surface area (Å²) in [5.74, 6) is 0.637. The van der Waals surface area contributed by atoms with Gasteiger partial charge in [0.25, 0.3) is 0 Å². The maximum absolute atomic E-state index is 12.5. The highest BCUT2D eigenvalue weighted by Gasteiger charge is 2.19. The number of fused-ring (bicyclic) bond motifs is 1. The van der Waals surface area contributed by atoms with E-state index in [1.54, 1.807) is 6.20 Å². The molecule has 0 saturated heterocycles. The first-order chi connectivity index (χ1) is 9.37. The molecule has 1 aromatic heterocycles. The molecule has 1 heterocycles. The van der Waals surface area contributed by atoms with Crippen molar-refractivity contribution < 1.29 is 4.79 Å². The van der Waals surface area contributed by atoms with E-state index in [1.807, 2.05) is 30.5 Å². The molecule has 0 fully saturated rings. The van der Waals surface area contributed by atoms with Gasteiger partial charge in [-0.3, -0.25) is 9.78 Å². The number of hydrogen-bond donors (Lipinski definition) is 0. The van der Waals surface area contributed by atoms with E-state index in [-0.39, 0.29) is 11.2 Å². The molecule has 0 radical (unpaired) electrons. The maximum atomic E-state index is 12.5. The second kappa shape index (κ2) is 5.74. The Labute approximate surface area is 121 Å². The van der Waals surface area contributed by atoms with Gasteiger partial charge in [0.15, 0.2) is 5.78 Å². The van der Waals surface area contributed by atoms with Gasteiger partial charge in [-0.2, -0.15) is 0 Å². The molecule has 1 unspecified atom stereocenters. The highest BCUT2D eigenvalue weighted by atomic mass is 16.1. The van der Waals surface area contributed by atoms with Crippen molar-refractivity contribution in [1.82, 2.24) is 4.98 Å². The second-order valence-electron chi connectivity index (χ2n) is 6.90. The van der Waals surface area contributed by atoms with Crippen molar-refractivity contribution in [1.29, 1.82) is 0 Å². The molecule has 106 valence electrons. The van der Waals surface area contributed by atoms with E-state index in [2.05, 4.69) is 32.7 Å². The predicted octanol–water partition coefficient (Wildman–Crippen LogP) is 4.88. The summed E-state index contributed by atoms with van der Waals surface area (Å²) in [6, 6.07) is 7.79. The topological polar surface area (TPSA) is 30.0 Å². The largest absolute Gasteiger partial charge is 0.294 e. The number of ketones is 1. The van der Waals surface area contributed by atoms with Crippen molar-refractivity contribution in [3.63, 3.8) is 0 Å². The molecule has 1 atom stereocenters. The maximum Gasteiger partial charge on any atom is 0.163 e. The summed E-state index contributed by atoms with van der Waals surface area (Å²) >= 11 is 0. The van der Waals surface area contributed by atoms with Gasteiger partial charge in [-0.05, 0) is 29.2 Å². The van der Waals surface area contributed by atoms with Gasteiger partial charge in [-0.25, -0.2) is 0 Å². The Kier molecular flexibility index (Phi) is 4.22. The van der Waals surface area contributed by atoms with E-state index in [0.717, 1.165) is 22.8 Å². The fourth-order valence-corrected chi connectivity index (χ4v) is 2.91. The van der Waals surface area contributed by atoms with Crippen LogP contribution in [0.25, 0.3) is 10.8 Å². The summed E-state index contributed by atoms with van der Waals surface area (Å²) in [6.07, 6.45) is 5.23. The predicted molar refractivity (Wildman–Crippen MR) is 83.9 cm³/mol. The van der Waals surface area contributed by atoms with Crippen LogP contribution in [0.5, 0.6) is 0 Å². The van der Waals surface area contributed by atoms with E-state index in [1.165, 1.54) is 0 Å². The van der Waals surface area contributed by atoms with E-state index in [4.69, 9.17) is 0 Å². The minimum Gasteiger partial charge on any atom is -0.294 e. The van der Waals surface area contributed by atoms with Crippen LogP contribution in [0.4, 0.5) is 0 Å². The Morgan fingerprint density at radius 1 is 1.25 bits per heavy atom. The molecule has 0 aliphatic carbocycles. The summed E-state index contributed by atoms with van der Waals surface area (Å²) < 4.78 is 0. The number of carbonyl (C=O) groups is 1. The molecular weight excluding hydrogens is 246 g/mol. The first-order valence-electron chi connectivity index (χ1n) is 7.23. The standard InChI is InChI=1S/C18H23NO/c1-13(11-18(2,3)4)10-17(20)16-7-5-6-14-12-19-9-8-15(14)16/h5-9,12-13H,10-11H2,1-4H3. The zero-order chi connectivity index (χ0) is 14.8. The lowest BCUT2D eigenvalue weighted by Gasteiger charge is -2.22. The molecule has 2 aromatic rings. The third-order valence-corrected chi connectivity index (χ3v) is 3.48. The van der Waals surface area contributed by atoms with Crippen LogP contribution in [0.15, 0.2) is 36.7 Å². The fraction of sp³-hybridized carbons (Fsp3) is 0.444. The monoisotopic (exact) mass is 269 g/mol. The van der Waals surface area contributed by atoms with Crippen molar-refractivity contribution >= 4 is 16.6 Å². The fourth-order valence-electron chi connectivity index (χ4n) is 2.91. The van der Waals surface area contributed by atoms with Gasteiger partial charge in [0.1, 0.15) is 0 Å². The van der Waals surface area contributed by atoms with E-state index >= 15 is 0 Å². The Morgan fingerprint density at radius 3 is 2.70 bits per heavy atom. The Balaban J connectivity index is 2.20. The van der Waals surface area contributed by atoms with Crippen LogP contribution >= 0.6 is 0 Å². The van der Waals surface area contributed by atoms with Crippen LogP contribution in [0.1, 0.15) is 50.9 Å². The van der Waals surface area contributed by atoms with E-state index in [0.29, 0.717) is 12.3 Å². The summed E-state index contributed by atoms with van der Waals surface area (Å²) in [5, 5.41) is 2.04. The minimum absolute atomic E-state index is 0.235. The number of rotatable bonds is 4. The smallest absolute Gasteiger partial charge is 0.163 e. The van der Waals surface area contributed by atoms with Gasteiger partial charge < -0.3 is 0 Å². The molecule has 0 aliphatic rings. The molecule has 0 aliphatic heterocycles. The lowest BCUT2D eigenvalue weighted by molar-refractivity contribution is 0.0956. The normalized spacial score (nSPS) is 13.4. The van der Waals surface area contributed by atoms with Crippen molar-refractivity contribution in [2.75, 3.05) is 0 Å². The van der Waals surface area contributed by atoms with Gasteiger partial charge in [0.2, 0.25) is 0 Å². The number of carbonyl (C=O) groups excluding carboxylic acids is 1. The summed E-state index contributed by atoms with van der Waals surface area (Å²) in [7, 11) is 0. The molecule has 2 rings (SSSR count). The van der Waals surface area contributed by atoms with Crippen LogP contribution in [0, 0.1) is 11.3 Å². The minimum atomic E-state index is 0.235. The highest BCUT2D eigenvalue weighted by molar-refractivity contribution is 6.07.